The summed E-state index contributed by atoms with van der Waals surface area (Å²) in [5.41, 5.74) is -0.785. The summed E-state index contributed by atoms with van der Waals surface area (Å²) < 4.78 is 35.2. The second-order valence-corrected chi connectivity index (χ2v) is 3.43. The molecule has 0 fully saturated rings. The first kappa shape index (κ1) is 10.8. The maximum absolute atomic E-state index is 11.7. The zero-order chi connectivity index (χ0) is 9.28. The Kier molecular flexibility index (Phi) is 2.94. The summed E-state index contributed by atoms with van der Waals surface area (Å²) in [5.74, 6) is 0. The van der Waals surface area contributed by atoms with Crippen LogP contribution in [0.25, 0.3) is 0 Å². The normalized spacial score (nSPS) is 15.4. The molecule has 0 atom stereocenters. The predicted molar refractivity (Wildman–Crippen MR) is 39.1 cm³/mol. The molecule has 66 valence electrons. The summed E-state index contributed by atoms with van der Waals surface area (Å²) in [6.45, 7) is 4.63. The molecule has 5 heteroatoms. The Bertz CT molecular complexity index is 166. The van der Waals surface area contributed by atoms with Gasteiger partial charge < -0.3 is 0 Å². The van der Waals surface area contributed by atoms with E-state index in [1.165, 1.54) is 0 Å². The smallest absolute Gasteiger partial charge is 0.264 e. The van der Waals surface area contributed by atoms with Crippen molar-refractivity contribution in [3.05, 3.63) is 0 Å². The largest absolute Gasteiger partial charge is 0.444 e. The first-order chi connectivity index (χ1) is 4.63. The van der Waals surface area contributed by atoms with Gasteiger partial charge in [0, 0.05) is 0 Å². The molecule has 0 aliphatic heterocycles. The van der Waals surface area contributed by atoms with Crippen LogP contribution in [0.1, 0.15) is 20.8 Å². The van der Waals surface area contributed by atoms with Gasteiger partial charge in [-0.05, 0) is 20.8 Å². The molecule has 0 spiro atoms. The van der Waals surface area contributed by atoms with Gasteiger partial charge in [-0.25, -0.2) is 0 Å². The fourth-order valence-corrected chi connectivity index (χ4v) is 0.611. The third-order valence-corrected chi connectivity index (χ3v) is 0.966. The topological polar surface area (TPSA) is 12.4 Å². The highest BCUT2D eigenvalue weighted by atomic mass is 35.5. The van der Waals surface area contributed by atoms with Gasteiger partial charge in [0.15, 0.2) is 0 Å². The average Bonchev–Trinajstić information content (AvgIpc) is 1.56. The van der Waals surface area contributed by atoms with Crippen LogP contribution in [-0.2, 0) is 0 Å². The van der Waals surface area contributed by atoms with Crippen molar-refractivity contribution in [1.82, 2.24) is 0 Å². The molecule has 0 bridgehead atoms. The summed E-state index contributed by atoms with van der Waals surface area (Å²) >= 11 is 4.87. The van der Waals surface area contributed by atoms with Gasteiger partial charge in [0.05, 0.1) is 5.54 Å². The van der Waals surface area contributed by atoms with Crippen molar-refractivity contribution in [2.24, 2.45) is 4.99 Å². The maximum Gasteiger partial charge on any atom is 0.444 e. The minimum Gasteiger partial charge on any atom is -0.264 e. The molecule has 0 heterocycles. The number of alkyl halides is 3. The van der Waals surface area contributed by atoms with Gasteiger partial charge in [-0.1, -0.05) is 11.6 Å². The van der Waals surface area contributed by atoms with Gasteiger partial charge in [0.1, 0.15) is 0 Å². The second kappa shape index (κ2) is 3.01. The molecule has 0 saturated heterocycles. The van der Waals surface area contributed by atoms with E-state index in [9.17, 15) is 13.2 Å². The maximum atomic E-state index is 11.7. The number of nitrogens with zero attached hydrogens (tertiary/aromatic N) is 1. The van der Waals surface area contributed by atoms with E-state index in [1.807, 2.05) is 0 Å². The summed E-state index contributed by atoms with van der Waals surface area (Å²) in [5, 5.41) is -1.30. The van der Waals surface area contributed by atoms with Crippen molar-refractivity contribution in [1.29, 1.82) is 0 Å². The molecule has 11 heavy (non-hydrogen) atoms. The standard InChI is InChI=1S/C6H9ClF3N/c1-5(2,3)11-4(7)6(8,9)10/h1-3H3/b11-4+. The number of halogens is 4. The van der Waals surface area contributed by atoms with Crippen molar-refractivity contribution in [3.8, 4) is 0 Å². The Morgan fingerprint density at radius 3 is 1.64 bits per heavy atom. The zero-order valence-corrected chi connectivity index (χ0v) is 7.22. The monoisotopic (exact) mass is 187 g/mol. The van der Waals surface area contributed by atoms with Crippen LogP contribution in [0.5, 0.6) is 0 Å². The fraction of sp³-hybridized carbons (Fsp3) is 0.833. The molecule has 0 N–H and O–H groups in total. The van der Waals surface area contributed by atoms with Gasteiger partial charge in [-0.2, -0.15) is 13.2 Å². The van der Waals surface area contributed by atoms with Crippen molar-refractivity contribution in [2.45, 2.75) is 32.5 Å². The molecule has 0 amide bonds. The van der Waals surface area contributed by atoms with Crippen LogP contribution < -0.4 is 0 Å². The number of aliphatic imine (C=N–C) groups is 1. The first-order valence-corrected chi connectivity index (χ1v) is 3.33. The van der Waals surface area contributed by atoms with Gasteiger partial charge in [-0.3, -0.25) is 4.99 Å². The van der Waals surface area contributed by atoms with E-state index in [-0.39, 0.29) is 0 Å². The second-order valence-electron chi connectivity index (χ2n) is 3.07. The molecule has 0 aromatic rings. The molecular weight excluding hydrogens is 179 g/mol. The highest BCUT2D eigenvalue weighted by Crippen LogP contribution is 2.22. The van der Waals surface area contributed by atoms with Crippen LogP contribution in [0.3, 0.4) is 0 Å². The molecule has 0 unspecified atom stereocenters. The van der Waals surface area contributed by atoms with Gasteiger partial charge >= 0.3 is 6.18 Å². The molecule has 0 radical (unpaired) electrons. The first-order valence-electron chi connectivity index (χ1n) is 2.95. The van der Waals surface area contributed by atoms with E-state index in [2.05, 4.69) is 4.99 Å². The molecule has 0 aliphatic rings. The van der Waals surface area contributed by atoms with E-state index in [0.29, 0.717) is 0 Å². The van der Waals surface area contributed by atoms with E-state index >= 15 is 0 Å². The average molecular weight is 188 g/mol. The van der Waals surface area contributed by atoms with Crippen LogP contribution in [0, 0.1) is 0 Å². The fourth-order valence-electron chi connectivity index (χ4n) is 0.358. The van der Waals surface area contributed by atoms with Crippen LogP contribution in [0.15, 0.2) is 4.99 Å². The Labute approximate surface area is 68.3 Å². The molecule has 0 saturated carbocycles. The lowest BCUT2D eigenvalue weighted by Gasteiger charge is -2.13. The van der Waals surface area contributed by atoms with Crippen LogP contribution in [0.4, 0.5) is 13.2 Å². The minimum absolute atomic E-state index is 0.785. The molecule has 0 rings (SSSR count). The van der Waals surface area contributed by atoms with Crippen molar-refractivity contribution < 1.29 is 13.2 Å². The SMILES string of the molecule is CC(C)(C)/N=C(/Cl)C(F)(F)F. The highest BCUT2D eigenvalue weighted by Gasteiger charge is 2.35. The lowest BCUT2D eigenvalue weighted by atomic mass is 10.1. The summed E-state index contributed by atoms with van der Waals surface area (Å²) in [7, 11) is 0. The Morgan fingerprint density at radius 2 is 1.55 bits per heavy atom. The number of rotatable bonds is 0. The zero-order valence-electron chi connectivity index (χ0n) is 6.46. The van der Waals surface area contributed by atoms with Crippen LogP contribution >= 0.6 is 11.6 Å². The number of hydrogen-bond acceptors (Lipinski definition) is 1. The third-order valence-electron chi connectivity index (χ3n) is 0.667. The Morgan fingerprint density at radius 1 is 1.18 bits per heavy atom. The number of hydrogen-bond donors (Lipinski definition) is 0. The van der Waals surface area contributed by atoms with E-state index in [1.54, 1.807) is 20.8 Å². The minimum atomic E-state index is -4.52. The lowest BCUT2D eigenvalue weighted by molar-refractivity contribution is -0.0564. The molecule has 0 aromatic carbocycles. The van der Waals surface area contributed by atoms with Crippen molar-refractivity contribution in [3.63, 3.8) is 0 Å². The molecule has 0 aromatic heterocycles. The van der Waals surface area contributed by atoms with Crippen molar-refractivity contribution in [2.75, 3.05) is 0 Å². The van der Waals surface area contributed by atoms with Crippen molar-refractivity contribution >= 4 is 16.8 Å². The third kappa shape index (κ3) is 5.07. The Balaban J connectivity index is 4.49. The van der Waals surface area contributed by atoms with E-state index in [0.717, 1.165) is 0 Å². The van der Waals surface area contributed by atoms with Gasteiger partial charge in [0.2, 0.25) is 5.17 Å². The summed E-state index contributed by atoms with van der Waals surface area (Å²) in [6, 6.07) is 0. The van der Waals surface area contributed by atoms with Crippen LogP contribution in [0.2, 0.25) is 0 Å². The predicted octanol–water partition coefficient (Wildman–Crippen LogP) is 2.98. The van der Waals surface area contributed by atoms with Gasteiger partial charge in [0.25, 0.3) is 0 Å². The summed E-state index contributed by atoms with van der Waals surface area (Å²) in [4.78, 5) is 3.24. The molecular formula is C6H9ClF3N. The Hall–Kier alpha value is -0.250. The van der Waals surface area contributed by atoms with E-state index in [4.69, 9.17) is 11.6 Å². The molecule has 0 aliphatic carbocycles. The van der Waals surface area contributed by atoms with Crippen LogP contribution in [-0.4, -0.2) is 16.9 Å². The quantitative estimate of drug-likeness (QED) is 0.517. The lowest BCUT2D eigenvalue weighted by Crippen LogP contribution is -2.22. The van der Waals surface area contributed by atoms with Gasteiger partial charge in [-0.15, -0.1) is 0 Å². The molecule has 1 nitrogen and oxygen atoms in total. The van der Waals surface area contributed by atoms with E-state index < -0.39 is 16.9 Å². The highest BCUT2D eigenvalue weighted by molar-refractivity contribution is 6.66. The summed E-state index contributed by atoms with van der Waals surface area (Å²) in [6.07, 6.45) is -4.52.